The molecule has 0 bridgehead atoms. The van der Waals surface area contributed by atoms with Gasteiger partial charge in [0.25, 0.3) is 0 Å². The Bertz CT molecular complexity index is 1030. The summed E-state index contributed by atoms with van der Waals surface area (Å²) in [5.74, 6) is 0.851. The van der Waals surface area contributed by atoms with Gasteiger partial charge in [-0.15, -0.1) is 0 Å². The quantitative estimate of drug-likeness (QED) is 0.384. The highest BCUT2D eigenvalue weighted by Gasteiger charge is 2.18. The molecule has 2 fully saturated rings. The summed E-state index contributed by atoms with van der Waals surface area (Å²) in [6.45, 7) is 5.66. The molecule has 0 aliphatic carbocycles. The molecular weight excluding hydrogens is 535 g/mol. The lowest BCUT2D eigenvalue weighted by atomic mass is 10.2. The fourth-order valence-corrected chi connectivity index (χ4v) is 4.45. The number of nitrogens with zero attached hydrogens (tertiary/aromatic N) is 2. The Morgan fingerprint density at radius 3 is 1.89 bits per heavy atom. The Hall–Kier alpha value is -1.98. The first-order valence-corrected chi connectivity index (χ1v) is 13.4. The molecule has 11 heteroatoms. The Labute approximate surface area is 234 Å². The first-order chi connectivity index (χ1) is 18.5. The van der Waals surface area contributed by atoms with Crippen molar-refractivity contribution in [3.05, 3.63) is 51.3 Å². The van der Waals surface area contributed by atoms with Gasteiger partial charge in [-0.25, -0.2) is 9.97 Å². The minimum atomic E-state index is -0.207. The topological polar surface area (TPSA) is 101 Å². The molecule has 4 rings (SSSR count). The van der Waals surface area contributed by atoms with Gasteiger partial charge in [0, 0.05) is 36.5 Å². The molecule has 9 nitrogen and oxygen atoms in total. The van der Waals surface area contributed by atoms with E-state index in [2.05, 4.69) is 16.5 Å². The molecule has 2 saturated heterocycles. The first-order valence-electron chi connectivity index (χ1n) is 12.6. The van der Waals surface area contributed by atoms with Gasteiger partial charge >= 0.3 is 0 Å². The minimum Gasteiger partial charge on any atom is -0.481 e. The number of pyridine rings is 2. The molecule has 0 aromatic carbocycles. The molecule has 0 radical (unpaired) electrons. The minimum absolute atomic E-state index is 0.149. The van der Waals surface area contributed by atoms with Crippen LogP contribution in [-0.4, -0.2) is 55.1 Å². The second-order valence-electron chi connectivity index (χ2n) is 8.66. The maximum Gasteiger partial charge on any atom is 0.215 e. The third-order valence-corrected chi connectivity index (χ3v) is 6.75. The Morgan fingerprint density at radius 2 is 1.42 bits per heavy atom. The molecule has 1 N–H and O–H groups in total. The van der Waals surface area contributed by atoms with Crippen molar-refractivity contribution >= 4 is 29.3 Å². The van der Waals surface area contributed by atoms with E-state index in [-0.39, 0.29) is 25.8 Å². The molecule has 2 atom stereocenters. The number of hydrogen-bond acceptors (Lipinski definition) is 9. The Kier molecular flexibility index (Phi) is 13.0. The van der Waals surface area contributed by atoms with Gasteiger partial charge in [0.1, 0.15) is 0 Å². The normalized spacial score (nSPS) is 19.3. The van der Waals surface area contributed by atoms with Gasteiger partial charge in [-0.3, -0.25) is 0 Å². The van der Waals surface area contributed by atoms with Gasteiger partial charge in [0.15, 0.2) is 12.6 Å². The van der Waals surface area contributed by atoms with Gasteiger partial charge in [0.05, 0.1) is 55.5 Å². The van der Waals surface area contributed by atoms with Crippen LogP contribution < -0.4 is 9.47 Å². The summed E-state index contributed by atoms with van der Waals surface area (Å²) in [5, 5.41) is 10.4. The first kappa shape index (κ1) is 30.6. The van der Waals surface area contributed by atoms with Crippen LogP contribution in [-0.2, 0) is 38.8 Å². The van der Waals surface area contributed by atoms with E-state index in [4.69, 9.17) is 51.6 Å². The van der Waals surface area contributed by atoms with E-state index in [9.17, 15) is 5.11 Å². The van der Waals surface area contributed by atoms with Gasteiger partial charge < -0.3 is 33.5 Å². The van der Waals surface area contributed by atoms with E-state index in [1.54, 1.807) is 25.3 Å². The summed E-state index contributed by atoms with van der Waals surface area (Å²) >= 11 is 12.4. The zero-order valence-corrected chi connectivity index (χ0v) is 23.4. The van der Waals surface area contributed by atoms with E-state index < -0.39 is 0 Å². The van der Waals surface area contributed by atoms with Crippen molar-refractivity contribution in [2.75, 3.05) is 27.4 Å². The van der Waals surface area contributed by atoms with Gasteiger partial charge in [0.2, 0.25) is 11.8 Å². The molecule has 0 amide bonds. The molecule has 2 aliphatic heterocycles. The summed E-state index contributed by atoms with van der Waals surface area (Å²) in [6.07, 6.45) is 7.52. The number of halogens is 2. The standard InChI is InChI=1S/C14H18ClNO3.C13H18ClNO4/c1-3-12-10(11(15)8-13(16-12)17-2)9-19-14-6-4-5-7-18-14;1-17-12-6-10(14)9(11(7-16)15-12)8-19-13-4-2-3-5-18-13/h3,8,14H,1,4-7,9H2,2H3;6,13,16H,2-5,7-8H2,1H3. The van der Waals surface area contributed by atoms with Gasteiger partial charge in [-0.2, -0.15) is 0 Å². The molecule has 2 aromatic heterocycles. The van der Waals surface area contributed by atoms with Crippen LogP contribution in [0.15, 0.2) is 18.7 Å². The van der Waals surface area contributed by atoms with E-state index in [1.807, 2.05) is 0 Å². The van der Waals surface area contributed by atoms with Crippen LogP contribution in [0.4, 0.5) is 0 Å². The third-order valence-electron chi connectivity index (χ3n) is 6.07. The van der Waals surface area contributed by atoms with Crippen LogP contribution in [0.2, 0.25) is 10.0 Å². The van der Waals surface area contributed by atoms with E-state index in [1.165, 1.54) is 7.11 Å². The Morgan fingerprint density at radius 1 is 0.895 bits per heavy atom. The average molecular weight is 571 g/mol. The number of rotatable bonds is 10. The highest BCUT2D eigenvalue weighted by Crippen LogP contribution is 2.27. The van der Waals surface area contributed by atoms with Gasteiger partial charge in [-0.05, 0) is 44.6 Å². The van der Waals surface area contributed by atoms with E-state index in [0.29, 0.717) is 45.4 Å². The molecule has 4 heterocycles. The van der Waals surface area contributed by atoms with Crippen LogP contribution >= 0.6 is 23.2 Å². The summed E-state index contributed by atoms with van der Waals surface area (Å²) < 4.78 is 32.5. The highest BCUT2D eigenvalue weighted by atomic mass is 35.5. The van der Waals surface area contributed by atoms with Crippen molar-refractivity contribution in [2.45, 2.75) is 70.9 Å². The fraction of sp³-hybridized carbons (Fsp3) is 0.556. The summed E-state index contributed by atoms with van der Waals surface area (Å²) in [4.78, 5) is 8.45. The highest BCUT2D eigenvalue weighted by molar-refractivity contribution is 6.31. The van der Waals surface area contributed by atoms with Gasteiger partial charge in [-0.1, -0.05) is 29.8 Å². The second kappa shape index (κ2) is 16.2. The monoisotopic (exact) mass is 570 g/mol. The Balaban J connectivity index is 0.000000211. The number of aliphatic hydroxyl groups excluding tert-OH is 1. The number of methoxy groups -OCH3 is 2. The largest absolute Gasteiger partial charge is 0.481 e. The molecular formula is C27H36Cl2N2O7. The summed E-state index contributed by atoms with van der Waals surface area (Å²) in [7, 11) is 3.06. The number of ether oxygens (including phenoxy) is 6. The number of hydrogen-bond donors (Lipinski definition) is 1. The molecule has 0 saturated carbocycles. The third kappa shape index (κ3) is 9.05. The predicted octanol–water partition coefficient (Wildman–Crippen LogP) is 5.71. The zero-order valence-electron chi connectivity index (χ0n) is 21.9. The van der Waals surface area contributed by atoms with Crippen LogP contribution in [0, 0.1) is 0 Å². The number of aromatic nitrogens is 2. The van der Waals surface area contributed by atoms with E-state index in [0.717, 1.165) is 57.3 Å². The second-order valence-corrected chi connectivity index (χ2v) is 9.47. The van der Waals surface area contributed by atoms with Crippen molar-refractivity contribution in [1.82, 2.24) is 9.97 Å². The van der Waals surface area contributed by atoms with Crippen molar-refractivity contribution < 1.29 is 33.5 Å². The predicted molar refractivity (Wildman–Crippen MR) is 144 cm³/mol. The SMILES string of the molecule is C=Cc1nc(OC)cc(Cl)c1COC1CCCCO1.COc1cc(Cl)c(COC2CCCCO2)c(CO)n1. The average Bonchev–Trinajstić information content (AvgIpc) is 2.96. The van der Waals surface area contributed by atoms with E-state index >= 15 is 0 Å². The molecule has 210 valence electrons. The lowest BCUT2D eigenvalue weighted by Gasteiger charge is -2.23. The molecule has 2 aliphatic rings. The van der Waals surface area contributed by atoms with Crippen LogP contribution in [0.1, 0.15) is 61.0 Å². The molecule has 0 spiro atoms. The maximum absolute atomic E-state index is 9.34. The zero-order chi connectivity index (χ0) is 27.3. The fourth-order valence-electron chi connectivity index (χ4n) is 3.94. The van der Waals surface area contributed by atoms with Crippen molar-refractivity contribution in [3.8, 4) is 11.8 Å². The lowest BCUT2D eigenvalue weighted by molar-refractivity contribution is -0.169. The summed E-state index contributed by atoms with van der Waals surface area (Å²) in [5.41, 5.74) is 2.64. The molecule has 2 aromatic rings. The van der Waals surface area contributed by atoms with Crippen molar-refractivity contribution in [3.63, 3.8) is 0 Å². The lowest BCUT2D eigenvalue weighted by Crippen LogP contribution is -2.22. The van der Waals surface area contributed by atoms with Crippen molar-refractivity contribution in [1.29, 1.82) is 0 Å². The smallest absolute Gasteiger partial charge is 0.215 e. The molecule has 2 unspecified atom stereocenters. The van der Waals surface area contributed by atoms with Crippen LogP contribution in [0.3, 0.4) is 0 Å². The maximum atomic E-state index is 9.34. The van der Waals surface area contributed by atoms with Crippen LogP contribution in [0.25, 0.3) is 6.08 Å². The number of aliphatic hydroxyl groups is 1. The molecule has 38 heavy (non-hydrogen) atoms. The summed E-state index contributed by atoms with van der Waals surface area (Å²) in [6, 6.07) is 3.29. The van der Waals surface area contributed by atoms with Crippen LogP contribution in [0.5, 0.6) is 11.8 Å². The van der Waals surface area contributed by atoms with Crippen molar-refractivity contribution in [2.24, 2.45) is 0 Å².